The molecule has 0 aliphatic carbocycles. The van der Waals surface area contributed by atoms with Crippen LogP contribution in [0.5, 0.6) is 0 Å². The molecule has 1 unspecified atom stereocenters. The number of hydrogen-bond acceptors (Lipinski definition) is 3. The van der Waals surface area contributed by atoms with E-state index >= 15 is 0 Å². The Morgan fingerprint density at radius 2 is 2.15 bits per heavy atom. The highest BCUT2D eigenvalue weighted by Crippen LogP contribution is 2.24. The van der Waals surface area contributed by atoms with Gasteiger partial charge in [-0.25, -0.2) is 8.78 Å². The number of rotatable bonds is 8. The summed E-state index contributed by atoms with van der Waals surface area (Å²) in [4.78, 5) is 6.48. The van der Waals surface area contributed by atoms with Gasteiger partial charge in [0.1, 0.15) is 11.6 Å². The molecule has 0 radical (unpaired) electrons. The molecule has 1 aromatic rings. The Balaban J connectivity index is 0.00000338. The van der Waals surface area contributed by atoms with Gasteiger partial charge in [0.2, 0.25) is 0 Å². The van der Waals surface area contributed by atoms with Crippen molar-refractivity contribution in [2.45, 2.75) is 32.7 Å². The van der Waals surface area contributed by atoms with Crippen molar-refractivity contribution in [3.63, 3.8) is 0 Å². The van der Waals surface area contributed by atoms with Crippen molar-refractivity contribution in [2.75, 3.05) is 44.3 Å². The lowest BCUT2D eigenvalue weighted by Gasteiger charge is -2.21. The van der Waals surface area contributed by atoms with E-state index in [1.54, 1.807) is 0 Å². The normalized spacial score (nSPS) is 17.2. The van der Waals surface area contributed by atoms with Crippen LogP contribution in [0.3, 0.4) is 0 Å². The minimum Gasteiger partial charge on any atom is -0.382 e. The monoisotopic (exact) mass is 482 g/mol. The summed E-state index contributed by atoms with van der Waals surface area (Å²) in [6.45, 7) is 8.28. The van der Waals surface area contributed by atoms with Crippen molar-refractivity contribution < 1.29 is 13.5 Å². The quantitative estimate of drug-likeness (QED) is 0.259. The van der Waals surface area contributed by atoms with E-state index in [0.717, 1.165) is 44.6 Å². The smallest absolute Gasteiger partial charge is 0.191 e. The van der Waals surface area contributed by atoms with Crippen LogP contribution in [0.4, 0.5) is 14.5 Å². The SMILES string of the molecule is CCNC(=NCCCOCC)NC1CCN(c2ccc(F)cc2F)C1.I. The van der Waals surface area contributed by atoms with Gasteiger partial charge in [-0.2, -0.15) is 0 Å². The lowest BCUT2D eigenvalue weighted by Crippen LogP contribution is -2.44. The number of ether oxygens (including phenoxy) is 1. The van der Waals surface area contributed by atoms with Crippen LogP contribution in [0.25, 0.3) is 0 Å². The number of anilines is 1. The molecule has 0 bridgehead atoms. The lowest BCUT2D eigenvalue weighted by atomic mass is 10.2. The Morgan fingerprint density at radius 3 is 2.85 bits per heavy atom. The van der Waals surface area contributed by atoms with Crippen molar-refractivity contribution in [1.29, 1.82) is 0 Å². The van der Waals surface area contributed by atoms with Gasteiger partial charge >= 0.3 is 0 Å². The Hall–Kier alpha value is -1.16. The summed E-state index contributed by atoms with van der Waals surface area (Å²) in [7, 11) is 0. The highest BCUT2D eigenvalue weighted by Gasteiger charge is 2.25. The van der Waals surface area contributed by atoms with Gasteiger partial charge in [-0.05, 0) is 38.8 Å². The van der Waals surface area contributed by atoms with E-state index < -0.39 is 11.6 Å². The predicted molar refractivity (Wildman–Crippen MR) is 113 cm³/mol. The average Bonchev–Trinajstić information content (AvgIpc) is 3.03. The molecular weight excluding hydrogens is 453 g/mol. The van der Waals surface area contributed by atoms with E-state index in [4.69, 9.17) is 4.74 Å². The zero-order chi connectivity index (χ0) is 18.1. The predicted octanol–water partition coefficient (Wildman–Crippen LogP) is 3.14. The number of aliphatic imine (C=N–C) groups is 1. The van der Waals surface area contributed by atoms with Gasteiger partial charge < -0.3 is 20.3 Å². The number of hydrogen-bond donors (Lipinski definition) is 2. The average molecular weight is 482 g/mol. The van der Waals surface area contributed by atoms with Crippen LogP contribution in [0.15, 0.2) is 23.2 Å². The fraction of sp³-hybridized carbons (Fsp3) is 0.611. The Labute approximate surface area is 171 Å². The number of halogens is 3. The van der Waals surface area contributed by atoms with Crippen LogP contribution < -0.4 is 15.5 Å². The van der Waals surface area contributed by atoms with Gasteiger partial charge in [0.15, 0.2) is 5.96 Å². The first-order valence-electron chi connectivity index (χ1n) is 8.96. The summed E-state index contributed by atoms with van der Waals surface area (Å²) in [5.74, 6) is -0.300. The maximum absolute atomic E-state index is 13.9. The second kappa shape index (κ2) is 12.3. The van der Waals surface area contributed by atoms with Crippen molar-refractivity contribution >= 4 is 35.6 Å². The molecule has 1 aliphatic rings. The topological polar surface area (TPSA) is 48.9 Å². The van der Waals surface area contributed by atoms with Crippen LogP contribution in [0, 0.1) is 11.6 Å². The third-order valence-corrected chi connectivity index (χ3v) is 4.04. The molecule has 5 nitrogen and oxygen atoms in total. The molecule has 0 spiro atoms. The maximum Gasteiger partial charge on any atom is 0.191 e. The standard InChI is InChI=1S/C18H28F2N4O.HI/c1-3-21-18(22-9-5-11-25-4-2)23-15-8-10-24(13-15)17-7-6-14(19)12-16(17)20;/h6-7,12,15H,3-5,8-11,13H2,1-2H3,(H2,21,22,23);1H. The van der Waals surface area contributed by atoms with Gasteiger partial charge in [0.25, 0.3) is 0 Å². The van der Waals surface area contributed by atoms with E-state index in [1.165, 1.54) is 12.1 Å². The highest BCUT2D eigenvalue weighted by atomic mass is 127. The zero-order valence-electron chi connectivity index (χ0n) is 15.4. The molecule has 2 N–H and O–H groups in total. The third kappa shape index (κ3) is 7.22. The van der Waals surface area contributed by atoms with E-state index in [1.807, 2.05) is 18.7 Å². The summed E-state index contributed by atoms with van der Waals surface area (Å²) in [6, 6.07) is 3.90. The molecular formula is C18H29F2IN4O. The van der Waals surface area contributed by atoms with Crippen molar-refractivity contribution in [3.05, 3.63) is 29.8 Å². The van der Waals surface area contributed by atoms with Crippen molar-refractivity contribution in [1.82, 2.24) is 10.6 Å². The molecule has 0 amide bonds. The summed E-state index contributed by atoms with van der Waals surface area (Å²) in [6.07, 6.45) is 1.75. The lowest BCUT2D eigenvalue weighted by molar-refractivity contribution is 0.146. The highest BCUT2D eigenvalue weighted by molar-refractivity contribution is 14.0. The van der Waals surface area contributed by atoms with Crippen LogP contribution in [-0.4, -0.2) is 51.4 Å². The number of guanidine groups is 1. The molecule has 1 aromatic carbocycles. The van der Waals surface area contributed by atoms with Crippen LogP contribution in [0.1, 0.15) is 26.7 Å². The molecule has 1 aliphatic heterocycles. The molecule has 1 fully saturated rings. The fourth-order valence-corrected chi connectivity index (χ4v) is 2.85. The van der Waals surface area contributed by atoms with Gasteiger partial charge in [-0.3, -0.25) is 4.99 Å². The van der Waals surface area contributed by atoms with Gasteiger partial charge in [0, 0.05) is 51.5 Å². The molecule has 2 rings (SSSR count). The Bertz CT molecular complexity index is 574. The van der Waals surface area contributed by atoms with E-state index in [0.29, 0.717) is 25.4 Å². The van der Waals surface area contributed by atoms with E-state index in [9.17, 15) is 8.78 Å². The minimum absolute atomic E-state index is 0. The first-order chi connectivity index (χ1) is 12.1. The number of benzene rings is 1. The molecule has 148 valence electrons. The first-order valence-corrected chi connectivity index (χ1v) is 8.96. The number of nitrogens with one attached hydrogen (secondary N) is 2. The summed E-state index contributed by atoms with van der Waals surface area (Å²) in [5.41, 5.74) is 0.448. The van der Waals surface area contributed by atoms with Gasteiger partial charge in [-0.1, -0.05) is 0 Å². The third-order valence-electron chi connectivity index (χ3n) is 4.04. The molecule has 8 heteroatoms. The minimum atomic E-state index is -0.552. The second-order valence-corrected chi connectivity index (χ2v) is 5.98. The molecule has 0 aromatic heterocycles. The Morgan fingerprint density at radius 1 is 1.35 bits per heavy atom. The van der Waals surface area contributed by atoms with E-state index in [-0.39, 0.29) is 30.0 Å². The van der Waals surface area contributed by atoms with Crippen LogP contribution in [0.2, 0.25) is 0 Å². The summed E-state index contributed by atoms with van der Waals surface area (Å²) < 4.78 is 32.3. The van der Waals surface area contributed by atoms with E-state index in [2.05, 4.69) is 15.6 Å². The van der Waals surface area contributed by atoms with Gasteiger partial charge in [-0.15, -0.1) is 24.0 Å². The molecule has 1 atom stereocenters. The fourth-order valence-electron chi connectivity index (χ4n) is 2.85. The molecule has 26 heavy (non-hydrogen) atoms. The molecule has 1 saturated heterocycles. The first kappa shape index (κ1) is 22.9. The largest absolute Gasteiger partial charge is 0.382 e. The maximum atomic E-state index is 13.9. The Kier molecular flexibility index (Phi) is 10.8. The number of nitrogens with zero attached hydrogens (tertiary/aromatic N) is 2. The van der Waals surface area contributed by atoms with Crippen LogP contribution in [-0.2, 0) is 4.74 Å². The molecule has 0 saturated carbocycles. The summed E-state index contributed by atoms with van der Waals surface area (Å²) in [5, 5.41) is 6.63. The van der Waals surface area contributed by atoms with Crippen molar-refractivity contribution in [2.24, 2.45) is 4.99 Å². The van der Waals surface area contributed by atoms with Gasteiger partial charge in [0.05, 0.1) is 5.69 Å². The molecule has 1 heterocycles. The zero-order valence-corrected chi connectivity index (χ0v) is 17.8. The van der Waals surface area contributed by atoms with Crippen molar-refractivity contribution in [3.8, 4) is 0 Å². The second-order valence-electron chi connectivity index (χ2n) is 5.98. The summed E-state index contributed by atoms with van der Waals surface area (Å²) >= 11 is 0. The van der Waals surface area contributed by atoms with Crippen LogP contribution >= 0.6 is 24.0 Å².